The van der Waals surface area contributed by atoms with E-state index in [2.05, 4.69) is 19.2 Å². The average molecular weight is 441 g/mol. The molecule has 2 aromatic rings. The molecule has 4 atom stereocenters. The van der Waals surface area contributed by atoms with Crippen molar-refractivity contribution < 1.29 is 9.59 Å². The molecule has 31 heavy (non-hydrogen) atoms. The Balaban J connectivity index is 1.94. The van der Waals surface area contributed by atoms with Crippen LogP contribution in [0.4, 0.5) is 0 Å². The average Bonchev–Trinajstić information content (AvgIpc) is 2.78. The number of hydrogen-bond donors (Lipinski definition) is 1. The fraction of sp³-hybridized carbons (Fsp3) is 0.462. The number of nitrogens with zero attached hydrogens (tertiary/aromatic N) is 1. The van der Waals surface area contributed by atoms with E-state index < -0.39 is 6.04 Å². The van der Waals surface area contributed by atoms with Gasteiger partial charge in [-0.05, 0) is 36.3 Å². The molecular weight excluding hydrogens is 408 g/mol. The summed E-state index contributed by atoms with van der Waals surface area (Å²) in [5.41, 5.74) is 2.87. The third kappa shape index (κ3) is 5.88. The number of rotatable bonds is 7. The lowest BCUT2D eigenvalue weighted by molar-refractivity contribution is -0.140. The van der Waals surface area contributed by atoms with Crippen molar-refractivity contribution in [2.45, 2.75) is 58.7 Å². The molecule has 1 aliphatic carbocycles. The van der Waals surface area contributed by atoms with Crippen molar-refractivity contribution >= 4 is 23.4 Å². The molecule has 0 saturated heterocycles. The van der Waals surface area contributed by atoms with Crippen LogP contribution >= 0.6 is 11.6 Å². The Kier molecular flexibility index (Phi) is 8.14. The van der Waals surface area contributed by atoms with E-state index in [1.807, 2.05) is 61.5 Å². The number of alkyl halides is 1. The van der Waals surface area contributed by atoms with E-state index in [-0.39, 0.29) is 23.7 Å². The zero-order valence-electron chi connectivity index (χ0n) is 18.7. The van der Waals surface area contributed by atoms with Gasteiger partial charge in [-0.3, -0.25) is 9.59 Å². The number of halogens is 1. The SMILES string of the molecule is Cc1ccc(C(C(=O)NC2CCCC(C)C2C)N(Cc2ccccc2)C(=O)CCl)cc1. The fourth-order valence-corrected chi connectivity index (χ4v) is 4.60. The Morgan fingerprint density at radius 1 is 1.06 bits per heavy atom. The van der Waals surface area contributed by atoms with Crippen molar-refractivity contribution in [3.05, 3.63) is 71.3 Å². The quantitative estimate of drug-likeness (QED) is 0.598. The first-order valence-corrected chi connectivity index (χ1v) is 11.7. The molecule has 0 aromatic heterocycles. The van der Waals surface area contributed by atoms with Gasteiger partial charge in [-0.1, -0.05) is 86.8 Å². The van der Waals surface area contributed by atoms with Gasteiger partial charge < -0.3 is 10.2 Å². The minimum Gasteiger partial charge on any atom is -0.351 e. The van der Waals surface area contributed by atoms with Crippen LogP contribution in [0.5, 0.6) is 0 Å². The predicted molar refractivity (Wildman–Crippen MR) is 126 cm³/mol. The van der Waals surface area contributed by atoms with Crippen LogP contribution < -0.4 is 5.32 Å². The maximum Gasteiger partial charge on any atom is 0.247 e. The Labute approximate surface area is 191 Å². The molecule has 5 heteroatoms. The topological polar surface area (TPSA) is 49.4 Å². The maximum atomic E-state index is 13.7. The molecule has 0 bridgehead atoms. The maximum absolute atomic E-state index is 13.7. The molecule has 4 unspecified atom stereocenters. The number of aryl methyl sites for hydroxylation is 1. The summed E-state index contributed by atoms with van der Waals surface area (Å²) in [6, 6.07) is 17.0. The highest BCUT2D eigenvalue weighted by molar-refractivity contribution is 6.27. The Hall–Kier alpha value is -2.33. The fourth-order valence-electron chi connectivity index (χ4n) is 4.45. The van der Waals surface area contributed by atoms with E-state index in [0.29, 0.717) is 18.4 Å². The van der Waals surface area contributed by atoms with Gasteiger partial charge in [0.05, 0.1) is 0 Å². The van der Waals surface area contributed by atoms with E-state index in [1.165, 1.54) is 6.42 Å². The number of nitrogens with one attached hydrogen (secondary N) is 1. The van der Waals surface area contributed by atoms with Gasteiger partial charge in [0.15, 0.2) is 0 Å². The predicted octanol–water partition coefficient (Wildman–Crippen LogP) is 5.24. The van der Waals surface area contributed by atoms with Gasteiger partial charge in [0, 0.05) is 12.6 Å². The molecular formula is C26H33ClN2O2. The van der Waals surface area contributed by atoms with Gasteiger partial charge >= 0.3 is 0 Å². The van der Waals surface area contributed by atoms with Crippen LogP contribution in [0.3, 0.4) is 0 Å². The molecule has 1 N–H and O–H groups in total. The first-order chi connectivity index (χ1) is 14.9. The summed E-state index contributed by atoms with van der Waals surface area (Å²) in [6.45, 7) is 6.80. The lowest BCUT2D eigenvalue weighted by Crippen LogP contribution is -2.50. The second-order valence-electron chi connectivity index (χ2n) is 8.84. The molecule has 0 radical (unpaired) electrons. The molecule has 166 valence electrons. The first-order valence-electron chi connectivity index (χ1n) is 11.2. The number of hydrogen-bond acceptors (Lipinski definition) is 2. The van der Waals surface area contributed by atoms with Gasteiger partial charge in [0.1, 0.15) is 11.9 Å². The molecule has 0 heterocycles. The zero-order valence-corrected chi connectivity index (χ0v) is 19.4. The molecule has 3 rings (SSSR count). The summed E-state index contributed by atoms with van der Waals surface area (Å²) in [6.07, 6.45) is 3.28. The van der Waals surface area contributed by atoms with Crippen molar-refractivity contribution in [3.8, 4) is 0 Å². The molecule has 1 fully saturated rings. The van der Waals surface area contributed by atoms with E-state index in [9.17, 15) is 9.59 Å². The molecule has 4 nitrogen and oxygen atoms in total. The highest BCUT2D eigenvalue weighted by atomic mass is 35.5. The van der Waals surface area contributed by atoms with E-state index in [4.69, 9.17) is 11.6 Å². The smallest absolute Gasteiger partial charge is 0.247 e. The minimum absolute atomic E-state index is 0.119. The van der Waals surface area contributed by atoms with Crippen LogP contribution in [0.25, 0.3) is 0 Å². The number of carbonyl (C=O) groups excluding carboxylic acids is 2. The van der Waals surface area contributed by atoms with Crippen molar-refractivity contribution in [1.29, 1.82) is 0 Å². The van der Waals surface area contributed by atoms with Gasteiger partial charge in [-0.25, -0.2) is 0 Å². The number of amides is 2. The Morgan fingerprint density at radius 2 is 1.74 bits per heavy atom. The van der Waals surface area contributed by atoms with Crippen LogP contribution in [-0.4, -0.2) is 28.6 Å². The van der Waals surface area contributed by atoms with Crippen LogP contribution in [0.15, 0.2) is 54.6 Å². The highest BCUT2D eigenvalue weighted by Crippen LogP contribution is 2.31. The lowest BCUT2D eigenvalue weighted by Gasteiger charge is -2.37. The van der Waals surface area contributed by atoms with Crippen LogP contribution in [0.1, 0.15) is 55.8 Å². The molecule has 0 aliphatic heterocycles. The molecule has 2 aromatic carbocycles. The molecule has 0 spiro atoms. The Morgan fingerprint density at radius 3 is 2.39 bits per heavy atom. The molecule has 2 amide bonds. The van der Waals surface area contributed by atoms with Crippen molar-refractivity contribution in [2.75, 3.05) is 5.88 Å². The largest absolute Gasteiger partial charge is 0.351 e. The van der Waals surface area contributed by atoms with Crippen LogP contribution in [-0.2, 0) is 16.1 Å². The molecule has 1 saturated carbocycles. The zero-order chi connectivity index (χ0) is 22.4. The summed E-state index contributed by atoms with van der Waals surface area (Å²) in [5, 5.41) is 3.28. The van der Waals surface area contributed by atoms with Crippen LogP contribution in [0.2, 0.25) is 0 Å². The van der Waals surface area contributed by atoms with Crippen molar-refractivity contribution in [2.24, 2.45) is 11.8 Å². The normalized spacial score (nSPS) is 21.9. The van der Waals surface area contributed by atoms with Crippen LogP contribution in [0, 0.1) is 18.8 Å². The minimum atomic E-state index is -0.725. The van der Waals surface area contributed by atoms with Gasteiger partial charge in [0.25, 0.3) is 0 Å². The summed E-state index contributed by atoms with van der Waals surface area (Å²) in [4.78, 5) is 28.2. The first kappa shape index (κ1) is 23.3. The third-order valence-corrected chi connectivity index (χ3v) is 6.85. The van der Waals surface area contributed by atoms with E-state index in [1.54, 1.807) is 4.90 Å². The number of benzene rings is 2. The monoisotopic (exact) mass is 440 g/mol. The third-order valence-electron chi connectivity index (χ3n) is 6.62. The van der Waals surface area contributed by atoms with E-state index in [0.717, 1.165) is 29.5 Å². The lowest BCUT2D eigenvalue weighted by atomic mass is 9.78. The summed E-state index contributed by atoms with van der Waals surface area (Å²) >= 11 is 5.99. The Bertz CT molecular complexity index is 869. The van der Waals surface area contributed by atoms with Crippen molar-refractivity contribution in [3.63, 3.8) is 0 Å². The van der Waals surface area contributed by atoms with Gasteiger partial charge in [-0.2, -0.15) is 0 Å². The van der Waals surface area contributed by atoms with Gasteiger partial charge in [-0.15, -0.1) is 11.6 Å². The highest BCUT2D eigenvalue weighted by Gasteiger charge is 2.35. The molecule has 1 aliphatic rings. The number of carbonyl (C=O) groups is 2. The van der Waals surface area contributed by atoms with Crippen molar-refractivity contribution in [1.82, 2.24) is 10.2 Å². The second-order valence-corrected chi connectivity index (χ2v) is 9.10. The summed E-state index contributed by atoms with van der Waals surface area (Å²) < 4.78 is 0. The van der Waals surface area contributed by atoms with E-state index >= 15 is 0 Å². The second kappa shape index (κ2) is 10.8. The van der Waals surface area contributed by atoms with Gasteiger partial charge in [0.2, 0.25) is 11.8 Å². The summed E-state index contributed by atoms with van der Waals surface area (Å²) in [5.74, 6) is 0.421. The standard InChI is InChI=1S/C26H33ClN2O2/c1-18-12-14-22(15-13-18)25(26(31)28-23-11-7-8-19(2)20(23)3)29(24(30)16-27)17-21-9-5-4-6-10-21/h4-6,9-10,12-15,19-20,23,25H,7-8,11,16-17H2,1-3H3,(H,28,31). The summed E-state index contributed by atoms with van der Waals surface area (Å²) in [7, 11) is 0.